The van der Waals surface area contributed by atoms with Crippen molar-refractivity contribution < 1.29 is 9.72 Å². The van der Waals surface area contributed by atoms with Gasteiger partial charge in [0.1, 0.15) is 5.56 Å². The minimum atomic E-state index is -0.729. The quantitative estimate of drug-likeness (QED) is 0.532. The van der Waals surface area contributed by atoms with Crippen LogP contribution in [-0.2, 0) is 7.05 Å². The monoisotopic (exact) mass is 309 g/mol. The third kappa shape index (κ3) is 2.70. The summed E-state index contributed by atoms with van der Waals surface area (Å²) in [7, 11) is 1.74. The van der Waals surface area contributed by atoms with Gasteiger partial charge in [-0.15, -0.1) is 0 Å². The highest BCUT2D eigenvalue weighted by Gasteiger charge is 2.26. The van der Waals surface area contributed by atoms with Gasteiger partial charge in [0.25, 0.3) is 5.91 Å². The number of hydrogen-bond donors (Lipinski definition) is 1. The van der Waals surface area contributed by atoms with Crippen LogP contribution in [0.1, 0.15) is 21.7 Å². The summed E-state index contributed by atoms with van der Waals surface area (Å²) in [6.45, 7) is 3.51. The lowest BCUT2D eigenvalue weighted by atomic mass is 10.2. The predicted octanol–water partition coefficient (Wildman–Crippen LogP) is 2.25. The number of anilines is 1. The standard InChI is InChI=1S/C12H12ClN5O3/c1-6-9(7(2)17(3)16-6)15-12(19)8-4-5-14-11(13)10(8)18(20)21/h4-5H,1-3H3,(H,15,19). The Hall–Kier alpha value is -2.48. The Balaban J connectivity index is 2.42. The van der Waals surface area contributed by atoms with E-state index in [9.17, 15) is 14.9 Å². The molecule has 0 spiro atoms. The molecular weight excluding hydrogens is 298 g/mol. The summed E-state index contributed by atoms with van der Waals surface area (Å²) in [5.74, 6) is -0.634. The van der Waals surface area contributed by atoms with Crippen LogP contribution in [-0.4, -0.2) is 25.6 Å². The number of hydrogen-bond acceptors (Lipinski definition) is 5. The van der Waals surface area contributed by atoms with Crippen molar-refractivity contribution in [3.63, 3.8) is 0 Å². The van der Waals surface area contributed by atoms with Gasteiger partial charge in [-0.1, -0.05) is 11.6 Å². The van der Waals surface area contributed by atoms with E-state index < -0.39 is 16.5 Å². The summed E-state index contributed by atoms with van der Waals surface area (Å²) in [5.41, 5.74) is 1.21. The van der Waals surface area contributed by atoms with Crippen molar-refractivity contribution in [2.24, 2.45) is 7.05 Å². The van der Waals surface area contributed by atoms with Gasteiger partial charge in [0.05, 0.1) is 22.0 Å². The zero-order chi connectivity index (χ0) is 15.7. The number of carbonyl (C=O) groups is 1. The van der Waals surface area contributed by atoms with Crippen LogP contribution in [0.5, 0.6) is 0 Å². The summed E-state index contributed by atoms with van der Waals surface area (Å²) in [5, 5.41) is 17.5. The average Bonchev–Trinajstić information content (AvgIpc) is 2.64. The lowest BCUT2D eigenvalue weighted by molar-refractivity contribution is -0.385. The van der Waals surface area contributed by atoms with Crippen LogP contribution in [0.2, 0.25) is 5.15 Å². The van der Waals surface area contributed by atoms with Gasteiger partial charge < -0.3 is 5.32 Å². The van der Waals surface area contributed by atoms with Crippen molar-refractivity contribution in [2.75, 3.05) is 5.32 Å². The fourth-order valence-electron chi connectivity index (χ4n) is 1.92. The molecule has 2 rings (SSSR count). The number of nitro groups is 1. The Bertz CT molecular complexity index is 741. The molecule has 9 heteroatoms. The first-order valence-corrected chi connectivity index (χ1v) is 6.31. The van der Waals surface area contributed by atoms with E-state index in [0.717, 1.165) is 5.69 Å². The lowest BCUT2D eigenvalue weighted by Crippen LogP contribution is -2.15. The van der Waals surface area contributed by atoms with Gasteiger partial charge in [0.15, 0.2) is 0 Å². The Labute approximate surface area is 124 Å². The zero-order valence-corrected chi connectivity index (χ0v) is 12.3. The molecule has 1 N–H and O–H groups in total. The number of nitrogens with one attached hydrogen (secondary N) is 1. The number of halogens is 1. The third-order valence-electron chi connectivity index (χ3n) is 3.05. The second-order valence-electron chi connectivity index (χ2n) is 4.38. The van der Waals surface area contributed by atoms with E-state index in [1.54, 1.807) is 25.6 Å². The molecule has 1 amide bonds. The summed E-state index contributed by atoms with van der Waals surface area (Å²) in [6.07, 6.45) is 1.24. The Kier molecular flexibility index (Phi) is 3.90. The van der Waals surface area contributed by atoms with Gasteiger partial charge in [-0.2, -0.15) is 5.10 Å². The Morgan fingerprint density at radius 1 is 1.48 bits per heavy atom. The van der Waals surface area contributed by atoms with Crippen molar-refractivity contribution in [1.82, 2.24) is 14.8 Å². The molecule has 0 bridgehead atoms. The van der Waals surface area contributed by atoms with E-state index in [2.05, 4.69) is 15.4 Å². The first-order valence-electron chi connectivity index (χ1n) is 5.93. The normalized spacial score (nSPS) is 10.5. The Morgan fingerprint density at radius 2 is 2.14 bits per heavy atom. The highest BCUT2D eigenvalue weighted by molar-refractivity contribution is 6.32. The fraction of sp³-hybridized carbons (Fsp3) is 0.250. The van der Waals surface area contributed by atoms with Crippen LogP contribution >= 0.6 is 11.6 Å². The van der Waals surface area contributed by atoms with Crippen molar-refractivity contribution in [3.8, 4) is 0 Å². The van der Waals surface area contributed by atoms with Crippen molar-refractivity contribution in [2.45, 2.75) is 13.8 Å². The van der Waals surface area contributed by atoms with Gasteiger partial charge in [-0.3, -0.25) is 19.6 Å². The molecule has 8 nitrogen and oxygen atoms in total. The zero-order valence-electron chi connectivity index (χ0n) is 11.5. The molecule has 0 aromatic carbocycles. The molecule has 0 atom stereocenters. The summed E-state index contributed by atoms with van der Waals surface area (Å²) >= 11 is 5.69. The molecule has 0 aliphatic rings. The van der Waals surface area contributed by atoms with E-state index >= 15 is 0 Å². The van der Waals surface area contributed by atoms with Gasteiger partial charge >= 0.3 is 5.69 Å². The number of rotatable bonds is 3. The van der Waals surface area contributed by atoms with E-state index in [1.807, 2.05) is 0 Å². The molecule has 2 aromatic rings. The van der Waals surface area contributed by atoms with Crippen LogP contribution in [0.15, 0.2) is 12.3 Å². The highest BCUT2D eigenvalue weighted by atomic mass is 35.5. The first-order chi connectivity index (χ1) is 9.82. The van der Waals surface area contributed by atoms with Gasteiger partial charge in [0.2, 0.25) is 5.15 Å². The molecule has 0 fully saturated rings. The minimum absolute atomic E-state index is 0.150. The fourth-order valence-corrected chi connectivity index (χ4v) is 2.15. The SMILES string of the molecule is Cc1nn(C)c(C)c1NC(=O)c1ccnc(Cl)c1[N+](=O)[O-]. The molecule has 0 aliphatic carbocycles. The summed E-state index contributed by atoms with van der Waals surface area (Å²) in [6, 6.07) is 1.25. The molecular formula is C12H12ClN5O3. The maximum atomic E-state index is 12.3. The van der Waals surface area contributed by atoms with Gasteiger partial charge in [0, 0.05) is 13.2 Å². The van der Waals surface area contributed by atoms with Crippen LogP contribution in [0, 0.1) is 24.0 Å². The predicted molar refractivity (Wildman–Crippen MR) is 76.5 cm³/mol. The number of carbonyl (C=O) groups excluding carboxylic acids is 1. The smallest absolute Gasteiger partial charge is 0.319 e. The topological polar surface area (TPSA) is 103 Å². The molecule has 0 saturated carbocycles. The number of pyridine rings is 1. The van der Waals surface area contributed by atoms with Crippen LogP contribution < -0.4 is 5.32 Å². The van der Waals surface area contributed by atoms with Crippen LogP contribution in [0.3, 0.4) is 0 Å². The second-order valence-corrected chi connectivity index (χ2v) is 4.74. The maximum Gasteiger partial charge on any atom is 0.319 e. The number of aryl methyl sites for hydroxylation is 2. The summed E-state index contributed by atoms with van der Waals surface area (Å²) in [4.78, 5) is 26.2. The lowest BCUT2D eigenvalue weighted by Gasteiger charge is -2.06. The molecule has 21 heavy (non-hydrogen) atoms. The highest BCUT2D eigenvalue weighted by Crippen LogP contribution is 2.27. The maximum absolute atomic E-state index is 12.3. The molecule has 2 aromatic heterocycles. The Morgan fingerprint density at radius 3 is 2.67 bits per heavy atom. The van der Waals surface area contributed by atoms with Gasteiger partial charge in [-0.25, -0.2) is 4.98 Å². The third-order valence-corrected chi connectivity index (χ3v) is 3.33. The van der Waals surface area contributed by atoms with E-state index in [4.69, 9.17) is 11.6 Å². The first kappa shape index (κ1) is 14.9. The number of amides is 1. The molecule has 0 saturated heterocycles. The van der Waals surface area contributed by atoms with Crippen LogP contribution in [0.25, 0.3) is 0 Å². The summed E-state index contributed by atoms with van der Waals surface area (Å²) < 4.78 is 1.61. The van der Waals surface area contributed by atoms with Crippen molar-refractivity contribution >= 4 is 28.9 Å². The molecule has 110 valence electrons. The minimum Gasteiger partial charge on any atom is -0.319 e. The van der Waals surface area contributed by atoms with E-state index in [0.29, 0.717) is 11.4 Å². The molecule has 0 unspecified atom stereocenters. The van der Waals surface area contributed by atoms with E-state index in [-0.39, 0.29) is 10.7 Å². The molecule has 2 heterocycles. The number of nitrogens with zero attached hydrogens (tertiary/aromatic N) is 4. The molecule has 0 radical (unpaired) electrons. The van der Waals surface area contributed by atoms with Gasteiger partial charge in [-0.05, 0) is 19.9 Å². The van der Waals surface area contributed by atoms with Crippen molar-refractivity contribution in [1.29, 1.82) is 0 Å². The van der Waals surface area contributed by atoms with Crippen LogP contribution in [0.4, 0.5) is 11.4 Å². The average molecular weight is 310 g/mol. The van der Waals surface area contributed by atoms with Crippen molar-refractivity contribution in [3.05, 3.63) is 44.5 Å². The largest absolute Gasteiger partial charge is 0.319 e. The second kappa shape index (κ2) is 5.49. The number of aromatic nitrogens is 3. The molecule has 0 aliphatic heterocycles. The van der Waals surface area contributed by atoms with E-state index in [1.165, 1.54) is 12.3 Å².